The standard InChI is InChI=1S/C9H4F6N2O3/c10-8(11,12)7(18)3-1-6(20-9(13,14)15)4(16)2-5(3)17-19/h1-2H,16H2. The first kappa shape index (κ1) is 15.7. The summed E-state index contributed by atoms with van der Waals surface area (Å²) in [7, 11) is 0. The summed E-state index contributed by atoms with van der Waals surface area (Å²) in [6, 6.07) is 0.447. The molecular formula is C9H4F6N2O3. The zero-order chi connectivity index (χ0) is 15.7. The predicted molar refractivity (Wildman–Crippen MR) is 53.4 cm³/mol. The minimum atomic E-state index is -5.40. The number of ketones is 1. The van der Waals surface area contributed by atoms with Gasteiger partial charge in [-0.2, -0.15) is 13.2 Å². The molecule has 1 aromatic rings. The van der Waals surface area contributed by atoms with E-state index in [-0.39, 0.29) is 6.07 Å². The number of nitrogens with zero attached hydrogens (tertiary/aromatic N) is 1. The molecule has 20 heavy (non-hydrogen) atoms. The normalized spacial score (nSPS) is 12.1. The second-order valence-electron chi connectivity index (χ2n) is 3.37. The van der Waals surface area contributed by atoms with E-state index in [0.29, 0.717) is 6.07 Å². The van der Waals surface area contributed by atoms with Crippen LogP contribution < -0.4 is 10.5 Å². The number of anilines is 1. The molecule has 0 aliphatic heterocycles. The summed E-state index contributed by atoms with van der Waals surface area (Å²) in [6.07, 6.45) is -10.6. The van der Waals surface area contributed by atoms with Crippen LogP contribution in [-0.2, 0) is 0 Å². The molecule has 2 N–H and O–H groups in total. The fraction of sp³-hybridized carbons (Fsp3) is 0.222. The number of rotatable bonds is 3. The maximum atomic E-state index is 12.2. The van der Waals surface area contributed by atoms with Gasteiger partial charge in [0.1, 0.15) is 5.69 Å². The summed E-state index contributed by atoms with van der Waals surface area (Å²) in [4.78, 5) is 21.3. The lowest BCUT2D eigenvalue weighted by molar-refractivity contribution is -0.274. The van der Waals surface area contributed by atoms with Crippen molar-refractivity contribution in [3.63, 3.8) is 0 Å². The number of alkyl halides is 6. The first-order chi connectivity index (χ1) is 8.95. The highest BCUT2D eigenvalue weighted by Crippen LogP contribution is 2.37. The Morgan fingerprint density at radius 2 is 1.70 bits per heavy atom. The number of ether oxygens (including phenoxy) is 1. The number of hydrogen-bond donors (Lipinski definition) is 1. The third-order valence-electron chi connectivity index (χ3n) is 1.95. The van der Waals surface area contributed by atoms with Gasteiger partial charge in [-0.15, -0.1) is 18.1 Å². The van der Waals surface area contributed by atoms with Crippen molar-refractivity contribution in [3.05, 3.63) is 22.6 Å². The Morgan fingerprint density at radius 3 is 2.10 bits per heavy atom. The highest BCUT2D eigenvalue weighted by molar-refractivity contribution is 6.05. The van der Waals surface area contributed by atoms with E-state index >= 15 is 0 Å². The van der Waals surface area contributed by atoms with E-state index < -0.39 is 41.0 Å². The van der Waals surface area contributed by atoms with Crippen LogP contribution in [0.5, 0.6) is 5.75 Å². The number of Topliss-reactive ketones (excluding diaryl/α,β-unsaturated/α-hetero) is 1. The highest BCUT2D eigenvalue weighted by Gasteiger charge is 2.42. The number of nitrogen functional groups attached to an aromatic ring is 1. The molecule has 1 rings (SSSR count). The molecule has 0 saturated carbocycles. The fourth-order valence-electron chi connectivity index (χ4n) is 1.21. The molecule has 0 aliphatic carbocycles. The zero-order valence-corrected chi connectivity index (χ0v) is 9.17. The van der Waals surface area contributed by atoms with Gasteiger partial charge in [-0.3, -0.25) is 4.79 Å². The van der Waals surface area contributed by atoms with Gasteiger partial charge >= 0.3 is 12.5 Å². The van der Waals surface area contributed by atoms with Crippen LogP contribution in [0.15, 0.2) is 17.3 Å². The summed E-state index contributed by atoms with van der Waals surface area (Å²) in [5.41, 5.74) is 1.84. The van der Waals surface area contributed by atoms with Gasteiger partial charge in [-0.05, 0) is 17.3 Å². The lowest BCUT2D eigenvalue weighted by Gasteiger charge is -2.13. The van der Waals surface area contributed by atoms with Crippen molar-refractivity contribution < 1.29 is 35.9 Å². The molecule has 5 nitrogen and oxygen atoms in total. The summed E-state index contributed by atoms with van der Waals surface area (Å²) in [5, 5.41) is 2.12. The Hall–Kier alpha value is -2.33. The van der Waals surface area contributed by atoms with Crippen LogP contribution in [0.2, 0.25) is 0 Å². The molecule has 11 heteroatoms. The first-order valence-corrected chi connectivity index (χ1v) is 4.60. The van der Waals surface area contributed by atoms with Crippen molar-refractivity contribution in [1.29, 1.82) is 0 Å². The molecule has 0 heterocycles. The molecule has 0 fully saturated rings. The van der Waals surface area contributed by atoms with E-state index in [0.717, 1.165) is 0 Å². The van der Waals surface area contributed by atoms with E-state index in [2.05, 4.69) is 9.91 Å². The van der Waals surface area contributed by atoms with Crippen LogP contribution in [0.3, 0.4) is 0 Å². The number of carbonyl (C=O) groups excluding carboxylic acids is 1. The van der Waals surface area contributed by atoms with Crippen molar-refractivity contribution in [2.75, 3.05) is 5.73 Å². The number of nitroso groups, excluding NO2 is 1. The largest absolute Gasteiger partial charge is 0.573 e. The minimum Gasteiger partial charge on any atom is -0.404 e. The van der Waals surface area contributed by atoms with Crippen LogP contribution in [-0.4, -0.2) is 18.3 Å². The quantitative estimate of drug-likeness (QED) is 0.402. The summed E-state index contributed by atoms with van der Waals surface area (Å²) in [6.45, 7) is 0. The van der Waals surface area contributed by atoms with E-state index in [1.54, 1.807) is 0 Å². The Labute approximate surface area is 106 Å². The van der Waals surface area contributed by atoms with Crippen molar-refractivity contribution in [3.8, 4) is 5.75 Å². The third kappa shape index (κ3) is 3.59. The van der Waals surface area contributed by atoms with Gasteiger partial charge in [0.15, 0.2) is 5.75 Å². The van der Waals surface area contributed by atoms with Crippen molar-refractivity contribution >= 4 is 17.2 Å². The van der Waals surface area contributed by atoms with Crippen LogP contribution in [0.25, 0.3) is 0 Å². The Balaban J connectivity index is 3.40. The van der Waals surface area contributed by atoms with Gasteiger partial charge in [0, 0.05) is 0 Å². The first-order valence-electron chi connectivity index (χ1n) is 4.60. The molecule has 0 amide bonds. The van der Waals surface area contributed by atoms with Crippen molar-refractivity contribution in [1.82, 2.24) is 0 Å². The van der Waals surface area contributed by atoms with Gasteiger partial charge < -0.3 is 10.5 Å². The SMILES string of the molecule is Nc1cc(N=O)c(C(=O)C(F)(F)F)cc1OC(F)(F)F. The topological polar surface area (TPSA) is 81.8 Å². The second kappa shape index (κ2) is 4.98. The Bertz CT molecular complexity index is 552. The van der Waals surface area contributed by atoms with Crippen LogP contribution in [0.1, 0.15) is 10.4 Å². The Morgan fingerprint density at radius 1 is 1.15 bits per heavy atom. The highest BCUT2D eigenvalue weighted by atomic mass is 19.4. The fourth-order valence-corrected chi connectivity index (χ4v) is 1.21. The lowest BCUT2D eigenvalue weighted by Crippen LogP contribution is -2.23. The molecule has 0 atom stereocenters. The van der Waals surface area contributed by atoms with E-state index in [1.165, 1.54) is 0 Å². The smallest absolute Gasteiger partial charge is 0.404 e. The van der Waals surface area contributed by atoms with Gasteiger partial charge in [0.05, 0.1) is 11.3 Å². The van der Waals surface area contributed by atoms with Crippen LogP contribution >= 0.6 is 0 Å². The number of carbonyl (C=O) groups is 1. The van der Waals surface area contributed by atoms with Crippen molar-refractivity contribution in [2.45, 2.75) is 12.5 Å². The predicted octanol–water partition coefficient (Wildman–Crippen LogP) is 3.31. The molecule has 0 bridgehead atoms. The average molecular weight is 302 g/mol. The van der Waals surface area contributed by atoms with Gasteiger partial charge in [-0.1, -0.05) is 0 Å². The monoisotopic (exact) mass is 302 g/mol. The van der Waals surface area contributed by atoms with Crippen molar-refractivity contribution in [2.24, 2.45) is 5.18 Å². The average Bonchev–Trinajstić information content (AvgIpc) is 2.27. The third-order valence-corrected chi connectivity index (χ3v) is 1.95. The molecule has 0 unspecified atom stereocenters. The van der Waals surface area contributed by atoms with Crippen LogP contribution in [0, 0.1) is 4.91 Å². The van der Waals surface area contributed by atoms with E-state index in [4.69, 9.17) is 5.73 Å². The number of benzene rings is 1. The zero-order valence-electron chi connectivity index (χ0n) is 9.17. The summed E-state index contributed by atoms with van der Waals surface area (Å²) in [5.74, 6) is -3.78. The van der Waals surface area contributed by atoms with E-state index in [9.17, 15) is 36.0 Å². The molecular weight excluding hydrogens is 298 g/mol. The van der Waals surface area contributed by atoms with E-state index in [1.807, 2.05) is 0 Å². The second-order valence-corrected chi connectivity index (χ2v) is 3.37. The lowest BCUT2D eigenvalue weighted by atomic mass is 10.1. The summed E-state index contributed by atoms with van der Waals surface area (Å²) >= 11 is 0. The Kier molecular flexibility index (Phi) is 3.92. The molecule has 110 valence electrons. The number of hydrogen-bond acceptors (Lipinski definition) is 5. The van der Waals surface area contributed by atoms with Crippen LogP contribution in [0.4, 0.5) is 37.7 Å². The number of nitrogens with two attached hydrogens (primary N) is 1. The molecule has 0 saturated heterocycles. The molecule has 0 radical (unpaired) electrons. The van der Waals surface area contributed by atoms with Gasteiger partial charge in [0.25, 0.3) is 5.78 Å². The molecule has 0 aliphatic rings. The number of halogens is 6. The maximum Gasteiger partial charge on any atom is 0.573 e. The maximum absolute atomic E-state index is 12.2. The summed E-state index contributed by atoms with van der Waals surface area (Å²) < 4.78 is 76.0. The minimum absolute atomic E-state index is 0.0649. The van der Waals surface area contributed by atoms with Gasteiger partial charge in [-0.25, -0.2) is 0 Å². The molecule has 0 aromatic heterocycles. The molecule has 1 aromatic carbocycles. The van der Waals surface area contributed by atoms with Gasteiger partial charge in [0.2, 0.25) is 0 Å². The molecule has 0 spiro atoms.